The smallest absolute Gasteiger partial charge is 0.341 e. The molecule has 0 fully saturated rings. The molecule has 1 aliphatic heterocycles. The molecule has 0 aromatic heterocycles. The number of hydrogen-bond acceptors (Lipinski definition) is 4. The molecule has 1 aliphatic rings. The minimum absolute atomic E-state index is 0.198. The van der Waals surface area contributed by atoms with Crippen LogP contribution in [0.3, 0.4) is 0 Å². The lowest BCUT2D eigenvalue weighted by molar-refractivity contribution is -0.139. The Labute approximate surface area is 158 Å². The van der Waals surface area contributed by atoms with E-state index in [2.05, 4.69) is 21.0 Å². The predicted octanol–water partition coefficient (Wildman–Crippen LogP) is 3.72. The molecule has 0 spiro atoms. The van der Waals surface area contributed by atoms with Crippen LogP contribution in [-0.4, -0.2) is 29.3 Å². The molecule has 1 amide bonds. The molecule has 7 heteroatoms. The van der Waals surface area contributed by atoms with Crippen molar-refractivity contribution in [1.29, 1.82) is 0 Å². The summed E-state index contributed by atoms with van der Waals surface area (Å²) in [5.41, 5.74) is 2.60. The Morgan fingerprint density at radius 1 is 1.27 bits per heavy atom. The molecule has 2 aromatic carbocycles. The zero-order chi connectivity index (χ0) is 18.7. The number of carbonyl (C=O) groups is 2. The molecule has 0 unspecified atom stereocenters. The Hall–Kier alpha value is -2.93. The molecule has 0 aliphatic carbocycles. The van der Waals surface area contributed by atoms with Crippen molar-refractivity contribution >= 4 is 45.3 Å². The first-order valence-corrected chi connectivity index (χ1v) is 8.56. The monoisotopic (exact) mass is 414 g/mol. The van der Waals surface area contributed by atoms with Gasteiger partial charge in [-0.3, -0.25) is 4.79 Å². The Bertz CT molecular complexity index is 922. The average Bonchev–Trinajstić information content (AvgIpc) is 2.90. The number of anilines is 1. The normalized spacial score (nSPS) is 15.3. The molecular weight excluding hydrogens is 400 g/mol. The van der Waals surface area contributed by atoms with Crippen LogP contribution in [0.25, 0.3) is 6.08 Å². The van der Waals surface area contributed by atoms with Gasteiger partial charge in [0.15, 0.2) is 6.61 Å². The van der Waals surface area contributed by atoms with E-state index in [-0.39, 0.29) is 5.91 Å². The van der Waals surface area contributed by atoms with Crippen molar-refractivity contribution in [3.63, 3.8) is 0 Å². The van der Waals surface area contributed by atoms with Crippen molar-refractivity contribution in [1.82, 2.24) is 0 Å². The summed E-state index contributed by atoms with van der Waals surface area (Å²) in [6.07, 6.45) is 1.75. The van der Waals surface area contributed by atoms with Crippen molar-refractivity contribution < 1.29 is 19.4 Å². The number of carbonyl (C=O) groups excluding carboxylic acids is 1. The number of para-hydroxylation sites is 1. The molecule has 0 saturated heterocycles. The van der Waals surface area contributed by atoms with Gasteiger partial charge in [0.25, 0.3) is 5.91 Å². The fourth-order valence-corrected chi connectivity index (χ4v) is 2.97. The van der Waals surface area contributed by atoms with Gasteiger partial charge < -0.3 is 9.84 Å². The third-order valence-electron chi connectivity index (χ3n) is 3.68. The fourth-order valence-electron chi connectivity index (χ4n) is 2.46. The number of halogens is 1. The number of benzene rings is 2. The van der Waals surface area contributed by atoms with Crippen LogP contribution in [0.15, 0.2) is 63.7 Å². The largest absolute Gasteiger partial charge is 0.481 e. The van der Waals surface area contributed by atoms with Gasteiger partial charge in [-0.2, -0.15) is 10.1 Å². The number of nitrogens with zero attached hydrogens (tertiary/aromatic N) is 2. The molecule has 1 heterocycles. The minimum atomic E-state index is -1.05. The molecule has 0 saturated carbocycles. The fraction of sp³-hybridized carbons (Fsp3) is 0.105. The molecular formula is C19H15BrN2O4. The number of aliphatic carboxylic acids is 1. The highest BCUT2D eigenvalue weighted by atomic mass is 79.9. The number of hydrogen-bond donors (Lipinski definition) is 1. The second-order valence-corrected chi connectivity index (χ2v) is 6.42. The zero-order valence-electron chi connectivity index (χ0n) is 13.8. The zero-order valence-corrected chi connectivity index (χ0v) is 15.4. The minimum Gasteiger partial charge on any atom is -0.481 e. The number of amides is 1. The SMILES string of the molecule is CC1=NN(c2ccccc2)C(=O)/C1=C/c1ccc(OCC(=O)O)c(Br)c1. The van der Waals surface area contributed by atoms with Crippen LogP contribution < -0.4 is 9.75 Å². The first kappa shape index (κ1) is 17.9. The predicted molar refractivity (Wildman–Crippen MR) is 102 cm³/mol. The van der Waals surface area contributed by atoms with Gasteiger partial charge in [-0.25, -0.2) is 4.79 Å². The summed E-state index contributed by atoms with van der Waals surface area (Å²) < 4.78 is 5.78. The van der Waals surface area contributed by atoms with E-state index in [4.69, 9.17) is 9.84 Å². The van der Waals surface area contributed by atoms with Crippen LogP contribution in [-0.2, 0) is 9.59 Å². The number of carboxylic acid groups (broad SMARTS) is 1. The van der Waals surface area contributed by atoms with Crippen LogP contribution in [0.2, 0.25) is 0 Å². The van der Waals surface area contributed by atoms with E-state index in [1.165, 1.54) is 5.01 Å². The summed E-state index contributed by atoms with van der Waals surface area (Å²) in [5, 5.41) is 14.4. The summed E-state index contributed by atoms with van der Waals surface area (Å²) in [5.74, 6) is -0.827. The average molecular weight is 415 g/mol. The topological polar surface area (TPSA) is 79.2 Å². The van der Waals surface area contributed by atoms with E-state index < -0.39 is 12.6 Å². The maximum Gasteiger partial charge on any atom is 0.341 e. The molecule has 132 valence electrons. The molecule has 2 aromatic rings. The van der Waals surface area contributed by atoms with Crippen LogP contribution in [0.5, 0.6) is 5.75 Å². The maximum atomic E-state index is 12.7. The maximum absolute atomic E-state index is 12.7. The van der Waals surface area contributed by atoms with E-state index in [0.717, 1.165) is 5.56 Å². The number of rotatable bonds is 5. The van der Waals surface area contributed by atoms with E-state index in [1.54, 1.807) is 31.2 Å². The van der Waals surface area contributed by atoms with E-state index >= 15 is 0 Å². The summed E-state index contributed by atoms with van der Waals surface area (Å²) >= 11 is 3.35. The first-order chi connectivity index (χ1) is 12.5. The quantitative estimate of drug-likeness (QED) is 0.756. The lowest BCUT2D eigenvalue weighted by Gasteiger charge is -2.11. The summed E-state index contributed by atoms with van der Waals surface area (Å²) in [6, 6.07) is 14.4. The van der Waals surface area contributed by atoms with Gasteiger partial charge in [0.1, 0.15) is 5.75 Å². The van der Waals surface area contributed by atoms with Gasteiger partial charge in [-0.1, -0.05) is 24.3 Å². The number of ether oxygens (including phenoxy) is 1. The van der Waals surface area contributed by atoms with Crippen LogP contribution in [0.4, 0.5) is 5.69 Å². The molecule has 6 nitrogen and oxygen atoms in total. The summed E-state index contributed by atoms with van der Waals surface area (Å²) in [4.78, 5) is 23.3. The summed E-state index contributed by atoms with van der Waals surface area (Å²) in [7, 11) is 0. The van der Waals surface area contributed by atoms with Gasteiger partial charge in [0, 0.05) is 0 Å². The standard InChI is InChI=1S/C19H15BrN2O4/c1-12-15(19(25)22(21-12)14-5-3-2-4-6-14)9-13-7-8-17(16(20)10-13)26-11-18(23)24/h2-10H,11H2,1H3,(H,23,24)/b15-9+. The van der Waals surface area contributed by atoms with Gasteiger partial charge >= 0.3 is 5.97 Å². The lowest BCUT2D eigenvalue weighted by Crippen LogP contribution is -2.21. The van der Waals surface area contributed by atoms with E-state index in [1.807, 2.05) is 30.3 Å². The van der Waals surface area contributed by atoms with Gasteiger partial charge in [0.05, 0.1) is 21.4 Å². The van der Waals surface area contributed by atoms with E-state index in [9.17, 15) is 9.59 Å². The van der Waals surface area contributed by atoms with Crippen molar-refractivity contribution in [3.8, 4) is 5.75 Å². The molecule has 1 N–H and O–H groups in total. The van der Waals surface area contributed by atoms with Gasteiger partial charge in [-0.15, -0.1) is 0 Å². The van der Waals surface area contributed by atoms with Crippen LogP contribution >= 0.6 is 15.9 Å². The second kappa shape index (κ2) is 7.53. The van der Waals surface area contributed by atoms with Crippen molar-refractivity contribution in [2.24, 2.45) is 5.10 Å². The molecule has 3 rings (SSSR count). The van der Waals surface area contributed by atoms with Crippen LogP contribution in [0, 0.1) is 0 Å². The van der Waals surface area contributed by atoms with E-state index in [0.29, 0.717) is 27.2 Å². The highest BCUT2D eigenvalue weighted by Crippen LogP contribution is 2.29. The van der Waals surface area contributed by atoms with Crippen molar-refractivity contribution in [2.75, 3.05) is 11.6 Å². The summed E-state index contributed by atoms with van der Waals surface area (Å²) in [6.45, 7) is 1.36. The Balaban J connectivity index is 1.84. The Morgan fingerprint density at radius 3 is 2.65 bits per heavy atom. The number of carboxylic acids is 1. The van der Waals surface area contributed by atoms with Gasteiger partial charge in [-0.05, 0) is 58.8 Å². The van der Waals surface area contributed by atoms with Crippen molar-refractivity contribution in [3.05, 3.63) is 64.1 Å². The lowest BCUT2D eigenvalue weighted by atomic mass is 10.1. The Morgan fingerprint density at radius 2 is 2.00 bits per heavy atom. The van der Waals surface area contributed by atoms with Gasteiger partial charge in [0.2, 0.25) is 0 Å². The highest BCUT2D eigenvalue weighted by molar-refractivity contribution is 9.10. The third kappa shape index (κ3) is 3.83. The molecule has 0 radical (unpaired) electrons. The van der Waals surface area contributed by atoms with Crippen molar-refractivity contribution in [2.45, 2.75) is 6.92 Å². The second-order valence-electron chi connectivity index (χ2n) is 5.57. The third-order valence-corrected chi connectivity index (χ3v) is 4.30. The first-order valence-electron chi connectivity index (χ1n) is 7.76. The number of hydrazone groups is 1. The molecule has 0 bridgehead atoms. The molecule has 0 atom stereocenters. The highest BCUT2D eigenvalue weighted by Gasteiger charge is 2.28. The molecule has 26 heavy (non-hydrogen) atoms. The Kier molecular flexibility index (Phi) is 5.18. The van der Waals surface area contributed by atoms with Crippen LogP contribution in [0.1, 0.15) is 12.5 Å².